The number of hydrogen-bond acceptors (Lipinski definition) is 4. The quantitative estimate of drug-likeness (QED) is 0.730. The van der Waals surface area contributed by atoms with Crippen LogP contribution in [0.4, 0.5) is 5.69 Å². The number of anilines is 1. The average molecular weight is 328 g/mol. The van der Waals surface area contributed by atoms with Gasteiger partial charge in [0.1, 0.15) is 0 Å². The minimum Gasteiger partial charge on any atom is -0.478 e. The van der Waals surface area contributed by atoms with Crippen molar-refractivity contribution in [2.75, 3.05) is 5.73 Å². The Bertz CT molecular complexity index is 796. The van der Waals surface area contributed by atoms with E-state index in [4.69, 9.17) is 20.9 Å². The van der Waals surface area contributed by atoms with Crippen molar-refractivity contribution < 1.29 is 19.8 Å². The average Bonchev–Trinajstić information content (AvgIpc) is 2.55. The van der Waals surface area contributed by atoms with Crippen LogP contribution in [0.15, 0.2) is 30.4 Å². The number of aromatic nitrogens is 1. The minimum absolute atomic E-state index is 0.558. The number of rotatable bonds is 2. The van der Waals surface area contributed by atoms with Gasteiger partial charge in [-0.1, -0.05) is 11.6 Å². The van der Waals surface area contributed by atoms with Gasteiger partial charge in [-0.2, -0.15) is 0 Å². The maximum absolute atomic E-state index is 9.55. The fourth-order valence-corrected chi connectivity index (χ4v) is 2.72. The van der Waals surface area contributed by atoms with Crippen LogP contribution in [-0.4, -0.2) is 27.1 Å². The molecule has 0 atom stereocenters. The van der Waals surface area contributed by atoms with Gasteiger partial charge in [0.15, 0.2) is 0 Å². The lowest BCUT2D eigenvalue weighted by atomic mass is 9.92. The van der Waals surface area contributed by atoms with E-state index in [2.05, 4.69) is 25.1 Å². The smallest absolute Gasteiger partial charge is 0.328 e. The van der Waals surface area contributed by atoms with Gasteiger partial charge in [0.25, 0.3) is 0 Å². The summed E-state index contributed by atoms with van der Waals surface area (Å²) in [5.41, 5.74) is 12.0. The van der Waals surface area contributed by atoms with E-state index in [1.54, 1.807) is 0 Å². The number of carbonyl (C=O) groups is 2. The van der Waals surface area contributed by atoms with Crippen LogP contribution >= 0.6 is 0 Å². The Morgan fingerprint density at radius 1 is 1.12 bits per heavy atom. The molecule has 2 aromatic rings. The number of aliphatic carboxylic acids is 2. The molecular formula is C18H20N2O4. The predicted molar refractivity (Wildman–Crippen MR) is 91.9 cm³/mol. The summed E-state index contributed by atoms with van der Waals surface area (Å²) in [6.07, 6.45) is 5.79. The summed E-state index contributed by atoms with van der Waals surface area (Å²) in [4.78, 5) is 23.8. The molecule has 1 aromatic heterocycles. The number of aryl methyl sites for hydroxylation is 2. The van der Waals surface area contributed by atoms with Crippen molar-refractivity contribution >= 4 is 28.5 Å². The molecule has 1 aliphatic carbocycles. The highest BCUT2D eigenvalue weighted by Crippen LogP contribution is 2.31. The molecule has 0 unspecified atom stereocenters. The van der Waals surface area contributed by atoms with E-state index in [0.717, 1.165) is 29.4 Å². The Labute approximate surface area is 139 Å². The summed E-state index contributed by atoms with van der Waals surface area (Å²) >= 11 is 0. The van der Waals surface area contributed by atoms with E-state index in [0.29, 0.717) is 12.2 Å². The van der Waals surface area contributed by atoms with Crippen LogP contribution in [0.25, 0.3) is 10.9 Å². The third-order valence-electron chi connectivity index (χ3n) is 3.83. The zero-order valence-corrected chi connectivity index (χ0v) is 13.5. The topological polar surface area (TPSA) is 114 Å². The van der Waals surface area contributed by atoms with Crippen LogP contribution in [0.3, 0.4) is 0 Å². The first-order valence-electron chi connectivity index (χ1n) is 7.70. The molecule has 3 rings (SSSR count). The molecule has 4 N–H and O–H groups in total. The molecule has 1 aromatic carbocycles. The SMILES string of the molecule is Cc1ccc2nc3c(c(N)c2c1)CCCC3.O=C(O)/C=C\C(=O)O. The van der Waals surface area contributed by atoms with Gasteiger partial charge in [-0.15, -0.1) is 0 Å². The molecule has 1 aliphatic rings. The van der Waals surface area contributed by atoms with Gasteiger partial charge in [-0.25, -0.2) is 9.59 Å². The van der Waals surface area contributed by atoms with Crippen molar-refractivity contribution in [3.63, 3.8) is 0 Å². The van der Waals surface area contributed by atoms with Gasteiger partial charge in [-0.3, -0.25) is 4.98 Å². The number of carboxylic acid groups (broad SMARTS) is 2. The monoisotopic (exact) mass is 328 g/mol. The van der Waals surface area contributed by atoms with Crippen molar-refractivity contribution in [3.05, 3.63) is 47.2 Å². The van der Waals surface area contributed by atoms with Crippen LogP contribution in [0.2, 0.25) is 0 Å². The normalized spacial score (nSPS) is 13.2. The molecule has 0 saturated heterocycles. The van der Waals surface area contributed by atoms with Crippen molar-refractivity contribution in [2.24, 2.45) is 0 Å². The molecule has 1 heterocycles. The van der Waals surface area contributed by atoms with E-state index in [-0.39, 0.29) is 0 Å². The molecule has 6 heteroatoms. The Hall–Kier alpha value is -2.89. The first-order chi connectivity index (χ1) is 11.4. The van der Waals surface area contributed by atoms with E-state index in [9.17, 15) is 9.59 Å². The van der Waals surface area contributed by atoms with E-state index < -0.39 is 11.9 Å². The number of hydrogen-bond donors (Lipinski definition) is 3. The zero-order valence-electron chi connectivity index (χ0n) is 13.5. The Balaban J connectivity index is 0.000000224. The Kier molecular flexibility index (Phi) is 5.52. The first kappa shape index (κ1) is 17.5. The minimum atomic E-state index is -1.26. The molecule has 0 bridgehead atoms. The highest BCUT2D eigenvalue weighted by Gasteiger charge is 2.16. The highest BCUT2D eigenvalue weighted by atomic mass is 16.4. The fraction of sp³-hybridized carbons (Fsp3) is 0.278. The number of carboxylic acids is 2. The molecule has 0 amide bonds. The van der Waals surface area contributed by atoms with Crippen LogP contribution in [0.5, 0.6) is 0 Å². The lowest BCUT2D eigenvalue weighted by Gasteiger charge is -2.18. The lowest BCUT2D eigenvalue weighted by molar-refractivity contribution is -0.134. The molecule has 0 fully saturated rings. The molecule has 24 heavy (non-hydrogen) atoms. The summed E-state index contributed by atoms with van der Waals surface area (Å²) in [6.45, 7) is 2.10. The van der Waals surface area contributed by atoms with E-state index in [1.807, 2.05) is 0 Å². The number of benzene rings is 1. The summed E-state index contributed by atoms with van der Waals surface area (Å²) in [6, 6.07) is 6.33. The van der Waals surface area contributed by atoms with Crippen molar-refractivity contribution in [3.8, 4) is 0 Å². The molecule has 0 saturated carbocycles. The summed E-state index contributed by atoms with van der Waals surface area (Å²) in [7, 11) is 0. The summed E-state index contributed by atoms with van der Waals surface area (Å²) in [5.74, 6) is -2.51. The Morgan fingerprint density at radius 2 is 1.75 bits per heavy atom. The van der Waals surface area contributed by atoms with Gasteiger partial charge in [0.05, 0.1) is 5.52 Å². The van der Waals surface area contributed by atoms with Crippen molar-refractivity contribution in [2.45, 2.75) is 32.6 Å². The standard InChI is InChI=1S/C14H16N2.C4H4O4/c1-9-6-7-13-11(8-9)14(15)10-4-2-3-5-12(10)16-13;5-3(6)1-2-4(7)8/h6-8H,2-5H2,1H3,(H2,15,16);1-2H,(H,5,6)(H,7,8)/b;2-1-. The largest absolute Gasteiger partial charge is 0.478 e. The molecule has 6 nitrogen and oxygen atoms in total. The number of fused-ring (bicyclic) bond motifs is 2. The van der Waals surface area contributed by atoms with Gasteiger partial charge in [0, 0.05) is 28.9 Å². The Morgan fingerprint density at radius 3 is 2.38 bits per heavy atom. The van der Waals surface area contributed by atoms with Gasteiger partial charge in [-0.05, 0) is 50.3 Å². The van der Waals surface area contributed by atoms with Gasteiger partial charge < -0.3 is 15.9 Å². The highest BCUT2D eigenvalue weighted by molar-refractivity contribution is 5.92. The number of nitrogen functional groups attached to an aromatic ring is 1. The summed E-state index contributed by atoms with van der Waals surface area (Å²) < 4.78 is 0. The molecular weight excluding hydrogens is 308 g/mol. The van der Waals surface area contributed by atoms with Crippen LogP contribution in [0, 0.1) is 6.92 Å². The van der Waals surface area contributed by atoms with Crippen LogP contribution < -0.4 is 5.73 Å². The van der Waals surface area contributed by atoms with Crippen LogP contribution in [0.1, 0.15) is 29.7 Å². The zero-order chi connectivity index (χ0) is 17.7. The number of pyridine rings is 1. The number of nitrogens with two attached hydrogens (primary N) is 1. The number of nitrogens with zero attached hydrogens (tertiary/aromatic N) is 1. The second-order valence-electron chi connectivity index (χ2n) is 5.69. The molecule has 126 valence electrons. The second kappa shape index (κ2) is 7.59. The lowest BCUT2D eigenvalue weighted by Crippen LogP contribution is -2.09. The van der Waals surface area contributed by atoms with Crippen LogP contribution in [-0.2, 0) is 22.4 Å². The van der Waals surface area contributed by atoms with E-state index >= 15 is 0 Å². The second-order valence-corrected chi connectivity index (χ2v) is 5.69. The van der Waals surface area contributed by atoms with Crippen molar-refractivity contribution in [1.82, 2.24) is 4.98 Å². The molecule has 0 aliphatic heterocycles. The predicted octanol–water partition coefficient (Wildman–Crippen LogP) is 2.72. The van der Waals surface area contributed by atoms with E-state index in [1.165, 1.54) is 29.7 Å². The van der Waals surface area contributed by atoms with Crippen molar-refractivity contribution in [1.29, 1.82) is 0 Å². The fourth-order valence-electron chi connectivity index (χ4n) is 2.72. The maximum atomic E-state index is 9.55. The van der Waals surface area contributed by atoms with Gasteiger partial charge in [0.2, 0.25) is 0 Å². The third kappa shape index (κ3) is 4.32. The molecule has 0 radical (unpaired) electrons. The molecule has 0 spiro atoms. The maximum Gasteiger partial charge on any atom is 0.328 e. The third-order valence-corrected chi connectivity index (χ3v) is 3.83. The summed E-state index contributed by atoms with van der Waals surface area (Å²) in [5, 5.41) is 16.8. The first-order valence-corrected chi connectivity index (χ1v) is 7.70. The van der Waals surface area contributed by atoms with Gasteiger partial charge >= 0.3 is 11.9 Å².